The Balaban J connectivity index is 1.75. The number of fused-ring (bicyclic) bond motifs is 1. The number of aryl methyl sites for hydroxylation is 3. The minimum atomic E-state index is -0.789. The van der Waals surface area contributed by atoms with Crippen molar-refractivity contribution in [1.82, 2.24) is 0 Å². The largest absolute Gasteiger partial charge is 0.271 e. The Morgan fingerprint density at radius 1 is 0.923 bits per heavy atom. The summed E-state index contributed by atoms with van der Waals surface area (Å²) < 4.78 is 0. The van der Waals surface area contributed by atoms with E-state index in [0.717, 1.165) is 27.9 Å². The molecule has 2 amide bonds. The molecule has 6 heteroatoms. The molecule has 2 aliphatic rings. The van der Waals surface area contributed by atoms with Gasteiger partial charge in [0, 0.05) is 0 Å². The molecule has 0 N–H and O–H groups in total. The lowest BCUT2D eigenvalue weighted by atomic mass is 10.1. The third kappa shape index (κ3) is 2.33. The number of amides is 2. The molecule has 0 bridgehead atoms. The summed E-state index contributed by atoms with van der Waals surface area (Å²) >= 11 is 0. The molecule has 26 heavy (non-hydrogen) atoms. The zero-order valence-electron chi connectivity index (χ0n) is 15.2. The molecule has 132 valence electrons. The summed E-state index contributed by atoms with van der Waals surface area (Å²) in [4.78, 5) is 27.3. The lowest BCUT2D eigenvalue weighted by Gasteiger charge is -2.23. The van der Waals surface area contributed by atoms with Crippen LogP contribution in [0.25, 0.3) is 0 Å². The molecule has 0 radical (unpaired) electrons. The van der Waals surface area contributed by atoms with E-state index in [4.69, 9.17) is 0 Å². The van der Waals surface area contributed by atoms with E-state index in [2.05, 4.69) is 10.3 Å². The van der Waals surface area contributed by atoms with Gasteiger partial charge >= 0.3 is 0 Å². The van der Waals surface area contributed by atoms with Crippen LogP contribution in [0, 0.1) is 27.7 Å². The first-order chi connectivity index (χ1) is 12.4. The fourth-order valence-corrected chi connectivity index (χ4v) is 3.68. The van der Waals surface area contributed by atoms with Gasteiger partial charge in [-0.15, -0.1) is 0 Å². The van der Waals surface area contributed by atoms with E-state index < -0.39 is 12.1 Å². The monoisotopic (exact) mass is 348 g/mol. The fourth-order valence-electron chi connectivity index (χ4n) is 3.68. The molecule has 2 aromatic rings. The molecule has 2 aromatic carbocycles. The van der Waals surface area contributed by atoms with E-state index in [9.17, 15) is 9.59 Å². The Kier molecular flexibility index (Phi) is 3.64. The molecule has 1 saturated heterocycles. The molecular formula is C20H20N4O2. The van der Waals surface area contributed by atoms with Crippen LogP contribution in [0.15, 0.2) is 46.7 Å². The molecule has 0 spiro atoms. The SMILES string of the molecule is Cc1cc(C)cc(N2C(=O)C3N=NN(c4cccc(C)c4C)C3C2=O)c1. The van der Waals surface area contributed by atoms with Crippen molar-refractivity contribution in [3.05, 3.63) is 58.7 Å². The van der Waals surface area contributed by atoms with Gasteiger partial charge in [0.1, 0.15) is 0 Å². The zero-order valence-corrected chi connectivity index (χ0v) is 15.2. The summed E-state index contributed by atoms with van der Waals surface area (Å²) in [6, 6.07) is 10.0. The number of anilines is 2. The zero-order chi connectivity index (χ0) is 18.6. The molecule has 1 fully saturated rings. The van der Waals surface area contributed by atoms with Crippen LogP contribution in [0.4, 0.5) is 11.4 Å². The highest BCUT2D eigenvalue weighted by Gasteiger charge is 2.55. The van der Waals surface area contributed by atoms with Crippen molar-refractivity contribution in [3.8, 4) is 0 Å². The normalized spacial score (nSPS) is 21.7. The van der Waals surface area contributed by atoms with Crippen molar-refractivity contribution in [2.45, 2.75) is 39.8 Å². The molecule has 0 saturated carbocycles. The van der Waals surface area contributed by atoms with Crippen molar-refractivity contribution in [1.29, 1.82) is 0 Å². The van der Waals surface area contributed by atoms with Gasteiger partial charge in [0.25, 0.3) is 11.8 Å². The second-order valence-electron chi connectivity index (χ2n) is 7.02. The predicted octanol–water partition coefficient (Wildman–Crippen LogP) is 3.42. The van der Waals surface area contributed by atoms with Gasteiger partial charge < -0.3 is 0 Å². The highest BCUT2D eigenvalue weighted by molar-refractivity contribution is 6.26. The van der Waals surface area contributed by atoms with E-state index in [1.807, 2.05) is 64.1 Å². The minimum Gasteiger partial charge on any atom is -0.271 e. The molecule has 4 rings (SSSR count). The van der Waals surface area contributed by atoms with E-state index in [-0.39, 0.29) is 11.8 Å². The topological polar surface area (TPSA) is 65.3 Å². The van der Waals surface area contributed by atoms with Gasteiger partial charge in [0.05, 0.1) is 11.4 Å². The van der Waals surface area contributed by atoms with Crippen LogP contribution in [0.3, 0.4) is 0 Å². The van der Waals surface area contributed by atoms with Crippen molar-refractivity contribution in [2.75, 3.05) is 9.91 Å². The van der Waals surface area contributed by atoms with Gasteiger partial charge in [-0.05, 0) is 68.1 Å². The highest BCUT2D eigenvalue weighted by atomic mass is 16.2. The predicted molar refractivity (Wildman–Crippen MR) is 99.2 cm³/mol. The number of rotatable bonds is 2. The molecule has 2 heterocycles. The molecule has 2 unspecified atom stereocenters. The van der Waals surface area contributed by atoms with Crippen LogP contribution in [0.5, 0.6) is 0 Å². The van der Waals surface area contributed by atoms with Gasteiger partial charge in [-0.1, -0.05) is 23.4 Å². The third-order valence-corrected chi connectivity index (χ3v) is 5.07. The lowest BCUT2D eigenvalue weighted by molar-refractivity contribution is -0.121. The number of hydrogen-bond acceptors (Lipinski definition) is 5. The second kappa shape index (κ2) is 5.76. The van der Waals surface area contributed by atoms with Crippen LogP contribution in [-0.4, -0.2) is 23.9 Å². The van der Waals surface area contributed by atoms with E-state index >= 15 is 0 Å². The van der Waals surface area contributed by atoms with Crippen LogP contribution >= 0.6 is 0 Å². The van der Waals surface area contributed by atoms with Gasteiger partial charge in [0.2, 0.25) is 0 Å². The van der Waals surface area contributed by atoms with E-state index in [1.165, 1.54) is 4.90 Å². The number of hydrogen-bond donors (Lipinski definition) is 0. The molecule has 6 nitrogen and oxygen atoms in total. The summed E-state index contributed by atoms with van der Waals surface area (Å²) in [7, 11) is 0. The number of nitrogens with zero attached hydrogens (tertiary/aromatic N) is 4. The Labute approximate surface area is 152 Å². The fraction of sp³-hybridized carbons (Fsp3) is 0.300. The summed E-state index contributed by atoms with van der Waals surface area (Å²) in [5.74, 6) is -0.600. The number of carbonyl (C=O) groups is 2. The average molecular weight is 348 g/mol. The Bertz CT molecular complexity index is 946. The first kappa shape index (κ1) is 16.4. The Hall–Kier alpha value is -3.02. The number of imide groups is 1. The average Bonchev–Trinajstić information content (AvgIpc) is 3.10. The van der Waals surface area contributed by atoms with Gasteiger partial charge in [-0.3, -0.25) is 9.59 Å². The van der Waals surface area contributed by atoms with Crippen molar-refractivity contribution >= 4 is 23.2 Å². The molecule has 2 atom stereocenters. The Morgan fingerprint density at radius 3 is 2.31 bits per heavy atom. The number of carbonyl (C=O) groups excluding carboxylic acids is 2. The van der Waals surface area contributed by atoms with Crippen molar-refractivity contribution < 1.29 is 9.59 Å². The van der Waals surface area contributed by atoms with Crippen LogP contribution in [0.2, 0.25) is 0 Å². The quantitative estimate of drug-likeness (QED) is 0.781. The maximum absolute atomic E-state index is 13.1. The maximum Gasteiger partial charge on any atom is 0.263 e. The Morgan fingerprint density at radius 2 is 1.62 bits per heavy atom. The van der Waals surface area contributed by atoms with Crippen molar-refractivity contribution in [3.63, 3.8) is 0 Å². The second-order valence-corrected chi connectivity index (χ2v) is 7.02. The lowest BCUT2D eigenvalue weighted by Crippen LogP contribution is -2.40. The third-order valence-electron chi connectivity index (χ3n) is 5.07. The van der Waals surface area contributed by atoms with Crippen molar-refractivity contribution in [2.24, 2.45) is 10.3 Å². The molecule has 2 aliphatic heterocycles. The first-order valence-electron chi connectivity index (χ1n) is 8.61. The summed E-state index contributed by atoms with van der Waals surface area (Å²) in [5.41, 5.74) is 5.55. The van der Waals surface area contributed by atoms with Gasteiger partial charge in [-0.2, -0.15) is 5.11 Å². The highest BCUT2D eigenvalue weighted by Crippen LogP contribution is 2.37. The van der Waals surface area contributed by atoms with Crippen LogP contribution < -0.4 is 9.91 Å². The summed E-state index contributed by atoms with van der Waals surface area (Å²) in [5, 5.41) is 9.86. The van der Waals surface area contributed by atoms with Crippen LogP contribution in [0.1, 0.15) is 22.3 Å². The molecule has 0 aromatic heterocycles. The van der Waals surface area contributed by atoms with E-state index in [0.29, 0.717) is 5.69 Å². The molecule has 0 aliphatic carbocycles. The van der Waals surface area contributed by atoms with Gasteiger partial charge in [-0.25, -0.2) is 9.91 Å². The maximum atomic E-state index is 13.1. The van der Waals surface area contributed by atoms with Gasteiger partial charge in [0.15, 0.2) is 12.1 Å². The standard InChI is InChI=1S/C20H20N4O2/c1-11-8-12(2)10-15(9-11)23-19(25)17-18(20(23)26)24(22-21-17)16-7-5-6-13(3)14(16)4/h5-10,17-18H,1-4H3. The van der Waals surface area contributed by atoms with E-state index in [1.54, 1.807) is 5.01 Å². The first-order valence-corrected chi connectivity index (χ1v) is 8.61. The van der Waals surface area contributed by atoms with Crippen LogP contribution in [-0.2, 0) is 9.59 Å². The summed E-state index contributed by atoms with van der Waals surface area (Å²) in [6.07, 6.45) is 0. The molecular weight excluding hydrogens is 328 g/mol. The number of benzene rings is 2. The summed E-state index contributed by atoms with van der Waals surface area (Å²) in [6.45, 7) is 7.89. The smallest absolute Gasteiger partial charge is 0.263 e. The minimum absolute atomic E-state index is 0.282.